The molecule has 1 aromatic heterocycles. The first-order chi connectivity index (χ1) is 8.65. The number of aliphatic hydroxyl groups is 1. The molecule has 7 heteroatoms. The first-order valence-corrected chi connectivity index (χ1v) is 5.24. The summed E-state index contributed by atoms with van der Waals surface area (Å²) in [6, 6.07) is 4.64. The number of aromatic hydroxyl groups is 1. The molecule has 0 amide bonds. The van der Waals surface area contributed by atoms with Gasteiger partial charge in [0.15, 0.2) is 11.5 Å². The molecule has 0 fully saturated rings. The van der Waals surface area contributed by atoms with Crippen LogP contribution in [0.3, 0.4) is 0 Å². The van der Waals surface area contributed by atoms with Gasteiger partial charge in [-0.05, 0) is 18.2 Å². The number of benzene rings is 1. The van der Waals surface area contributed by atoms with E-state index in [0.717, 1.165) is 0 Å². The number of nitrogens with two attached hydrogens (primary N) is 1. The van der Waals surface area contributed by atoms with Crippen molar-refractivity contribution < 1.29 is 19.5 Å². The van der Waals surface area contributed by atoms with E-state index >= 15 is 0 Å². The van der Waals surface area contributed by atoms with Gasteiger partial charge in [0.2, 0.25) is 5.82 Å². The number of aliphatic hydroxyl groups excluding tert-OH is 1. The van der Waals surface area contributed by atoms with Crippen LogP contribution in [-0.2, 0) is 0 Å². The Labute approximate surface area is 103 Å². The second-order valence-corrected chi connectivity index (χ2v) is 3.59. The number of hydrogen-bond donors (Lipinski definition) is 3. The summed E-state index contributed by atoms with van der Waals surface area (Å²) in [6.07, 6.45) is -0.981. The molecule has 1 aromatic carbocycles. The number of hydrogen-bond acceptors (Lipinski definition) is 7. The fraction of sp³-hybridized carbons (Fsp3) is 0.273. The molecule has 96 valence electrons. The highest BCUT2D eigenvalue weighted by molar-refractivity contribution is 5.60. The Morgan fingerprint density at radius 2 is 2.28 bits per heavy atom. The minimum Gasteiger partial charge on any atom is -0.504 e. The lowest BCUT2D eigenvalue weighted by Gasteiger charge is -2.03. The molecular weight excluding hydrogens is 238 g/mol. The molecule has 18 heavy (non-hydrogen) atoms. The van der Waals surface area contributed by atoms with Crippen molar-refractivity contribution in [2.45, 2.75) is 6.10 Å². The van der Waals surface area contributed by atoms with Crippen LogP contribution in [0.5, 0.6) is 11.5 Å². The number of rotatable bonds is 4. The normalized spacial score (nSPS) is 12.4. The van der Waals surface area contributed by atoms with Crippen molar-refractivity contribution in [3.63, 3.8) is 0 Å². The Balaban J connectivity index is 2.34. The summed E-state index contributed by atoms with van der Waals surface area (Å²) in [5.74, 6) is 0.667. The van der Waals surface area contributed by atoms with Crippen LogP contribution in [0.15, 0.2) is 22.7 Å². The van der Waals surface area contributed by atoms with Crippen LogP contribution in [-0.4, -0.2) is 34.0 Å². The van der Waals surface area contributed by atoms with Gasteiger partial charge in [0.05, 0.1) is 7.11 Å². The summed E-state index contributed by atoms with van der Waals surface area (Å²) >= 11 is 0. The molecule has 1 heterocycles. The summed E-state index contributed by atoms with van der Waals surface area (Å²) in [5, 5.41) is 22.6. The number of phenolic OH excluding ortho intramolecular Hbond substituents is 1. The zero-order valence-corrected chi connectivity index (χ0v) is 9.70. The molecule has 2 aromatic rings. The number of methoxy groups -OCH3 is 1. The molecule has 0 spiro atoms. The second-order valence-electron chi connectivity index (χ2n) is 3.59. The standard InChI is InChI=1S/C11H13N3O4/c1-17-9-4-6(2-3-7(9)15)10-13-11(18-14-10)8(16)5-12/h2-4,8,15-16H,5,12H2,1H3. The second kappa shape index (κ2) is 5.03. The van der Waals surface area contributed by atoms with Crippen molar-refractivity contribution in [1.82, 2.24) is 10.1 Å². The summed E-state index contributed by atoms with van der Waals surface area (Å²) in [5.41, 5.74) is 5.89. The van der Waals surface area contributed by atoms with Crippen LogP contribution in [0, 0.1) is 0 Å². The molecule has 0 aliphatic carbocycles. The van der Waals surface area contributed by atoms with Gasteiger partial charge in [-0.1, -0.05) is 5.16 Å². The zero-order chi connectivity index (χ0) is 13.1. The van der Waals surface area contributed by atoms with E-state index in [9.17, 15) is 10.2 Å². The predicted octanol–water partition coefficient (Wildman–Crippen LogP) is 0.443. The lowest BCUT2D eigenvalue weighted by Crippen LogP contribution is -2.11. The van der Waals surface area contributed by atoms with Gasteiger partial charge in [-0.15, -0.1) is 0 Å². The topological polar surface area (TPSA) is 115 Å². The molecule has 0 bridgehead atoms. The van der Waals surface area contributed by atoms with Crippen molar-refractivity contribution in [2.75, 3.05) is 13.7 Å². The van der Waals surface area contributed by atoms with E-state index in [1.165, 1.54) is 13.2 Å². The van der Waals surface area contributed by atoms with Crippen molar-refractivity contribution in [2.24, 2.45) is 5.73 Å². The Morgan fingerprint density at radius 3 is 2.94 bits per heavy atom. The maximum Gasteiger partial charge on any atom is 0.257 e. The molecule has 2 rings (SSSR count). The third-order valence-electron chi connectivity index (χ3n) is 2.39. The van der Waals surface area contributed by atoms with Gasteiger partial charge in [0, 0.05) is 12.1 Å². The average Bonchev–Trinajstić information content (AvgIpc) is 2.88. The van der Waals surface area contributed by atoms with E-state index in [0.29, 0.717) is 11.3 Å². The first kappa shape index (κ1) is 12.3. The fourth-order valence-corrected chi connectivity index (χ4v) is 1.41. The molecule has 4 N–H and O–H groups in total. The molecule has 7 nitrogen and oxygen atoms in total. The van der Waals surface area contributed by atoms with E-state index in [-0.39, 0.29) is 24.0 Å². The van der Waals surface area contributed by atoms with E-state index in [1.54, 1.807) is 12.1 Å². The number of ether oxygens (including phenoxy) is 1. The van der Waals surface area contributed by atoms with Gasteiger partial charge >= 0.3 is 0 Å². The van der Waals surface area contributed by atoms with Crippen LogP contribution >= 0.6 is 0 Å². The highest BCUT2D eigenvalue weighted by Crippen LogP contribution is 2.30. The Hall–Kier alpha value is -2.12. The molecule has 1 unspecified atom stereocenters. The first-order valence-electron chi connectivity index (χ1n) is 5.24. The van der Waals surface area contributed by atoms with Gasteiger partial charge in [-0.2, -0.15) is 4.98 Å². The van der Waals surface area contributed by atoms with Crippen LogP contribution in [0.1, 0.15) is 12.0 Å². The SMILES string of the molecule is COc1cc(-c2noc(C(O)CN)n2)ccc1O. The van der Waals surface area contributed by atoms with Crippen molar-refractivity contribution in [3.05, 3.63) is 24.1 Å². The van der Waals surface area contributed by atoms with Gasteiger partial charge in [-0.25, -0.2) is 0 Å². The number of nitrogens with zero attached hydrogens (tertiary/aromatic N) is 2. The fourth-order valence-electron chi connectivity index (χ4n) is 1.41. The summed E-state index contributed by atoms with van der Waals surface area (Å²) < 4.78 is 9.86. The van der Waals surface area contributed by atoms with Gasteiger partial charge < -0.3 is 25.2 Å². The van der Waals surface area contributed by atoms with Crippen LogP contribution < -0.4 is 10.5 Å². The molecule has 1 atom stereocenters. The van der Waals surface area contributed by atoms with Gasteiger partial charge in [0.25, 0.3) is 5.89 Å². The van der Waals surface area contributed by atoms with Crippen LogP contribution in [0.25, 0.3) is 11.4 Å². The molecule has 0 aliphatic heterocycles. The van der Waals surface area contributed by atoms with Crippen molar-refractivity contribution in [3.8, 4) is 22.9 Å². The van der Waals surface area contributed by atoms with E-state index in [1.807, 2.05) is 0 Å². The minimum atomic E-state index is -0.981. The number of phenols is 1. The average molecular weight is 251 g/mol. The Bertz CT molecular complexity index is 541. The highest BCUT2D eigenvalue weighted by Gasteiger charge is 2.16. The predicted molar refractivity (Wildman–Crippen MR) is 62.0 cm³/mol. The van der Waals surface area contributed by atoms with Crippen molar-refractivity contribution in [1.29, 1.82) is 0 Å². The molecule has 0 saturated heterocycles. The van der Waals surface area contributed by atoms with E-state index in [2.05, 4.69) is 10.1 Å². The summed E-state index contributed by atoms with van der Waals surface area (Å²) in [6.45, 7) is 0.000528. The Morgan fingerprint density at radius 1 is 1.50 bits per heavy atom. The molecule has 0 saturated carbocycles. The third-order valence-corrected chi connectivity index (χ3v) is 2.39. The molecule has 0 aliphatic rings. The summed E-state index contributed by atoms with van der Waals surface area (Å²) in [7, 11) is 1.44. The maximum absolute atomic E-state index is 9.47. The van der Waals surface area contributed by atoms with Gasteiger partial charge in [0.1, 0.15) is 6.10 Å². The van der Waals surface area contributed by atoms with Crippen LogP contribution in [0.4, 0.5) is 0 Å². The largest absolute Gasteiger partial charge is 0.504 e. The smallest absolute Gasteiger partial charge is 0.257 e. The zero-order valence-electron chi connectivity index (χ0n) is 9.70. The third kappa shape index (κ3) is 2.27. The highest BCUT2D eigenvalue weighted by atomic mass is 16.5. The Kier molecular flexibility index (Phi) is 3.45. The minimum absolute atomic E-state index is 0.000528. The van der Waals surface area contributed by atoms with E-state index in [4.69, 9.17) is 15.0 Å². The maximum atomic E-state index is 9.47. The molecular formula is C11H13N3O4. The monoisotopic (exact) mass is 251 g/mol. The van der Waals surface area contributed by atoms with Crippen molar-refractivity contribution >= 4 is 0 Å². The molecule has 0 radical (unpaired) electrons. The van der Waals surface area contributed by atoms with Crippen LogP contribution in [0.2, 0.25) is 0 Å². The van der Waals surface area contributed by atoms with Gasteiger partial charge in [-0.3, -0.25) is 0 Å². The lowest BCUT2D eigenvalue weighted by atomic mass is 10.2. The number of aromatic nitrogens is 2. The quantitative estimate of drug-likeness (QED) is 0.722. The lowest BCUT2D eigenvalue weighted by molar-refractivity contribution is 0.141. The summed E-state index contributed by atoms with van der Waals surface area (Å²) in [4.78, 5) is 4.01. The van der Waals surface area contributed by atoms with E-state index < -0.39 is 6.10 Å².